The smallest absolute Gasteiger partial charge is 0.227 e. The maximum atomic E-state index is 5.33. The zero-order valence-corrected chi connectivity index (χ0v) is 16.5. The first-order valence-corrected chi connectivity index (χ1v) is 8.72. The van der Waals surface area contributed by atoms with E-state index in [1.54, 1.807) is 20.4 Å². The zero-order valence-electron chi connectivity index (χ0n) is 13.4. The number of hydrogen-bond donors (Lipinski definition) is 1. The van der Waals surface area contributed by atoms with E-state index in [1.165, 1.54) is 0 Å². The Kier molecular flexibility index (Phi) is 4.91. The van der Waals surface area contributed by atoms with Crippen molar-refractivity contribution in [1.29, 1.82) is 0 Å². The molecule has 1 heterocycles. The van der Waals surface area contributed by atoms with Gasteiger partial charge in [-0.1, -0.05) is 6.07 Å². The molecule has 0 bridgehead atoms. The molecule has 0 unspecified atom stereocenters. The van der Waals surface area contributed by atoms with E-state index in [2.05, 4.69) is 47.1 Å². The molecule has 5 nitrogen and oxygen atoms in total. The van der Waals surface area contributed by atoms with Gasteiger partial charge in [0.2, 0.25) is 5.95 Å². The van der Waals surface area contributed by atoms with Crippen LogP contribution in [0, 0.1) is 6.92 Å². The third-order valence-corrected chi connectivity index (χ3v) is 5.98. The summed E-state index contributed by atoms with van der Waals surface area (Å²) in [6.07, 6.45) is 1.75. The summed E-state index contributed by atoms with van der Waals surface area (Å²) in [5.74, 6) is 1.79. The summed E-state index contributed by atoms with van der Waals surface area (Å²) in [5, 5.41) is 4.10. The Morgan fingerprint density at radius 2 is 1.71 bits per heavy atom. The van der Waals surface area contributed by atoms with Crippen molar-refractivity contribution in [2.45, 2.75) is 6.92 Å². The normalized spacial score (nSPS) is 10.7. The molecule has 0 saturated heterocycles. The van der Waals surface area contributed by atoms with Gasteiger partial charge in [-0.3, -0.25) is 0 Å². The van der Waals surface area contributed by atoms with Gasteiger partial charge < -0.3 is 14.8 Å². The Bertz CT molecular complexity index is 916. The fourth-order valence-corrected chi connectivity index (χ4v) is 3.17. The van der Waals surface area contributed by atoms with Crippen LogP contribution in [-0.2, 0) is 0 Å². The van der Waals surface area contributed by atoms with Crippen LogP contribution in [0.3, 0.4) is 0 Å². The molecular weight excluding hydrogens is 438 g/mol. The Labute approximate surface area is 156 Å². The summed E-state index contributed by atoms with van der Waals surface area (Å²) in [5.41, 5.74) is 2.79. The van der Waals surface area contributed by atoms with Crippen LogP contribution in [0.5, 0.6) is 11.5 Å². The van der Waals surface area contributed by atoms with Crippen molar-refractivity contribution in [3.8, 4) is 11.5 Å². The first-order chi connectivity index (χ1) is 11.5. The topological polar surface area (TPSA) is 56.3 Å². The molecule has 0 fully saturated rings. The fourth-order valence-electron chi connectivity index (χ4n) is 2.28. The van der Waals surface area contributed by atoms with Crippen molar-refractivity contribution in [2.75, 3.05) is 19.5 Å². The predicted octanol–water partition coefficient (Wildman–Crippen LogP) is 5.22. The minimum absolute atomic E-state index is 0.506. The number of aryl methyl sites for hydroxylation is 1. The molecule has 7 heteroatoms. The lowest BCUT2D eigenvalue weighted by atomic mass is 10.2. The maximum absolute atomic E-state index is 5.33. The van der Waals surface area contributed by atoms with Gasteiger partial charge in [0.25, 0.3) is 0 Å². The van der Waals surface area contributed by atoms with E-state index in [1.807, 2.05) is 31.2 Å². The predicted molar refractivity (Wildman–Crippen MR) is 103 cm³/mol. The van der Waals surface area contributed by atoms with Gasteiger partial charge >= 0.3 is 0 Å². The SMILES string of the molecule is COc1cc2cnc(Nc3ccc(C)c(Br)c3Br)nc2cc1OC. The molecule has 3 aromatic rings. The van der Waals surface area contributed by atoms with Gasteiger partial charge in [-0.2, -0.15) is 0 Å². The second kappa shape index (κ2) is 6.94. The molecule has 0 saturated carbocycles. The molecular formula is C17H15Br2N3O2. The second-order valence-electron chi connectivity index (χ2n) is 5.14. The summed E-state index contributed by atoms with van der Waals surface area (Å²) in [4.78, 5) is 8.93. The number of methoxy groups -OCH3 is 2. The first-order valence-electron chi connectivity index (χ1n) is 7.14. The van der Waals surface area contributed by atoms with Crippen molar-refractivity contribution in [3.63, 3.8) is 0 Å². The van der Waals surface area contributed by atoms with E-state index in [0.717, 1.165) is 31.1 Å². The highest BCUT2D eigenvalue weighted by Crippen LogP contribution is 2.35. The number of aromatic nitrogens is 2. The molecule has 2 aromatic carbocycles. The van der Waals surface area contributed by atoms with E-state index in [9.17, 15) is 0 Å². The Morgan fingerprint density at radius 3 is 2.42 bits per heavy atom. The Hall–Kier alpha value is -1.86. The zero-order chi connectivity index (χ0) is 17.3. The number of nitrogens with zero attached hydrogens (tertiary/aromatic N) is 2. The number of hydrogen-bond acceptors (Lipinski definition) is 5. The van der Waals surface area contributed by atoms with Crippen molar-refractivity contribution < 1.29 is 9.47 Å². The first kappa shape index (κ1) is 17.0. The summed E-state index contributed by atoms with van der Waals surface area (Å²) in [6.45, 7) is 2.03. The van der Waals surface area contributed by atoms with Gasteiger partial charge in [0.05, 0.1) is 29.9 Å². The summed E-state index contributed by atoms with van der Waals surface area (Å²) >= 11 is 7.14. The molecule has 0 spiro atoms. The van der Waals surface area contributed by atoms with Crippen molar-refractivity contribution in [1.82, 2.24) is 9.97 Å². The molecule has 0 aliphatic heterocycles. The molecule has 0 amide bonds. The van der Waals surface area contributed by atoms with Gasteiger partial charge in [-0.25, -0.2) is 9.97 Å². The van der Waals surface area contributed by atoms with Crippen LogP contribution >= 0.6 is 31.9 Å². The lowest BCUT2D eigenvalue weighted by molar-refractivity contribution is 0.356. The number of halogens is 2. The standard InChI is InChI=1S/C17H15Br2N3O2/c1-9-4-5-11(16(19)15(9)18)21-17-20-8-10-6-13(23-2)14(24-3)7-12(10)22-17/h4-8H,1-3H3,(H,20,21,22). The summed E-state index contributed by atoms with van der Waals surface area (Å²) < 4.78 is 12.6. The molecule has 1 aromatic heterocycles. The van der Waals surface area contributed by atoms with Gasteiger partial charge in [-0.15, -0.1) is 0 Å². The second-order valence-corrected chi connectivity index (χ2v) is 6.73. The van der Waals surface area contributed by atoms with E-state index >= 15 is 0 Å². The fraction of sp³-hybridized carbons (Fsp3) is 0.176. The molecule has 1 N–H and O–H groups in total. The lowest BCUT2D eigenvalue weighted by Crippen LogP contribution is -1.99. The van der Waals surface area contributed by atoms with Crippen LogP contribution in [0.1, 0.15) is 5.56 Å². The number of rotatable bonds is 4. The van der Waals surface area contributed by atoms with Gasteiger partial charge in [0.15, 0.2) is 11.5 Å². The van der Waals surface area contributed by atoms with Gasteiger partial charge in [-0.05, 0) is 56.5 Å². The summed E-state index contributed by atoms with van der Waals surface area (Å²) in [6, 6.07) is 7.69. The molecule has 3 rings (SSSR count). The highest BCUT2D eigenvalue weighted by atomic mass is 79.9. The van der Waals surface area contributed by atoms with Crippen molar-refractivity contribution in [2.24, 2.45) is 0 Å². The van der Waals surface area contributed by atoms with Crippen LogP contribution in [0.15, 0.2) is 39.4 Å². The minimum Gasteiger partial charge on any atom is -0.493 e. The third-order valence-electron chi connectivity index (χ3n) is 3.61. The van der Waals surface area contributed by atoms with Crippen LogP contribution in [-0.4, -0.2) is 24.2 Å². The van der Waals surface area contributed by atoms with Gasteiger partial charge in [0, 0.05) is 22.1 Å². The van der Waals surface area contributed by atoms with Crippen molar-refractivity contribution >= 4 is 54.4 Å². The monoisotopic (exact) mass is 451 g/mol. The molecule has 124 valence electrons. The maximum Gasteiger partial charge on any atom is 0.227 e. The summed E-state index contributed by atoms with van der Waals surface area (Å²) in [7, 11) is 3.21. The largest absolute Gasteiger partial charge is 0.493 e. The number of anilines is 2. The van der Waals surface area contributed by atoms with E-state index in [-0.39, 0.29) is 0 Å². The van der Waals surface area contributed by atoms with Crippen molar-refractivity contribution in [3.05, 3.63) is 45.0 Å². The average molecular weight is 453 g/mol. The Morgan fingerprint density at radius 1 is 1.00 bits per heavy atom. The van der Waals surface area contributed by atoms with Crippen LogP contribution in [0.4, 0.5) is 11.6 Å². The number of ether oxygens (including phenoxy) is 2. The van der Waals surface area contributed by atoms with E-state index in [4.69, 9.17) is 9.47 Å². The Balaban J connectivity index is 2.00. The lowest BCUT2D eigenvalue weighted by Gasteiger charge is -2.12. The van der Waals surface area contributed by atoms with E-state index in [0.29, 0.717) is 17.4 Å². The molecule has 0 radical (unpaired) electrons. The van der Waals surface area contributed by atoms with Crippen LogP contribution in [0.2, 0.25) is 0 Å². The molecule has 24 heavy (non-hydrogen) atoms. The molecule has 0 aliphatic carbocycles. The van der Waals surface area contributed by atoms with Crippen LogP contribution in [0.25, 0.3) is 10.9 Å². The van der Waals surface area contributed by atoms with Gasteiger partial charge in [0.1, 0.15) is 0 Å². The number of benzene rings is 2. The number of nitrogens with one attached hydrogen (secondary N) is 1. The molecule has 0 atom stereocenters. The quantitative estimate of drug-likeness (QED) is 0.587. The molecule has 0 aliphatic rings. The minimum atomic E-state index is 0.506. The average Bonchev–Trinajstić information content (AvgIpc) is 2.60. The highest BCUT2D eigenvalue weighted by Gasteiger charge is 2.11. The third kappa shape index (κ3) is 3.18. The van der Waals surface area contributed by atoms with E-state index < -0.39 is 0 Å². The highest BCUT2D eigenvalue weighted by molar-refractivity contribution is 9.13. The number of fused-ring (bicyclic) bond motifs is 1. The van der Waals surface area contributed by atoms with Crippen LogP contribution < -0.4 is 14.8 Å².